The van der Waals surface area contributed by atoms with Crippen molar-refractivity contribution < 1.29 is 0 Å². The number of aliphatic imine (C=N–C) groups is 1. The van der Waals surface area contributed by atoms with Gasteiger partial charge in [-0.3, -0.25) is 4.99 Å². The summed E-state index contributed by atoms with van der Waals surface area (Å²) in [7, 11) is 8.14. The Labute approximate surface area is 185 Å². The van der Waals surface area contributed by atoms with Gasteiger partial charge < -0.3 is 9.80 Å². The van der Waals surface area contributed by atoms with Gasteiger partial charge in [0.25, 0.3) is 0 Å². The zero-order valence-corrected chi connectivity index (χ0v) is 19.1. The summed E-state index contributed by atoms with van der Waals surface area (Å²) >= 11 is 1.95. The van der Waals surface area contributed by atoms with Crippen LogP contribution in [0.5, 0.6) is 0 Å². The molecule has 3 rings (SSSR count). The number of rotatable bonds is 7. The van der Waals surface area contributed by atoms with Gasteiger partial charge in [-0.1, -0.05) is 91.0 Å². The SMILES string of the molecule is CN(C)C(=NCCSC(c1ccccc1)(c1ccccc1)c1ccccc1)N(C)C. The fraction of sp³-hybridized carbons (Fsp3) is 0.269. The normalized spacial score (nSPS) is 11.1. The summed E-state index contributed by atoms with van der Waals surface area (Å²) < 4.78 is -0.282. The largest absolute Gasteiger partial charge is 0.349 e. The van der Waals surface area contributed by atoms with Crippen molar-refractivity contribution in [1.29, 1.82) is 0 Å². The number of hydrogen-bond acceptors (Lipinski definition) is 2. The molecule has 0 bridgehead atoms. The van der Waals surface area contributed by atoms with E-state index < -0.39 is 0 Å². The number of nitrogens with zero attached hydrogens (tertiary/aromatic N) is 3. The van der Waals surface area contributed by atoms with E-state index in [-0.39, 0.29) is 4.75 Å². The minimum atomic E-state index is -0.282. The summed E-state index contributed by atoms with van der Waals surface area (Å²) in [5.41, 5.74) is 3.87. The summed E-state index contributed by atoms with van der Waals surface area (Å²) in [4.78, 5) is 8.97. The van der Waals surface area contributed by atoms with Crippen LogP contribution in [0.4, 0.5) is 0 Å². The fourth-order valence-corrected chi connectivity index (χ4v) is 5.19. The highest BCUT2D eigenvalue weighted by Crippen LogP contribution is 2.48. The lowest BCUT2D eigenvalue weighted by atomic mass is 9.84. The van der Waals surface area contributed by atoms with E-state index in [1.165, 1.54) is 16.7 Å². The quantitative estimate of drug-likeness (QED) is 0.228. The van der Waals surface area contributed by atoms with Crippen molar-refractivity contribution in [2.45, 2.75) is 4.75 Å². The molecule has 0 aliphatic carbocycles. The van der Waals surface area contributed by atoms with Gasteiger partial charge in [-0.25, -0.2) is 0 Å². The summed E-state index contributed by atoms with van der Waals surface area (Å²) in [6.45, 7) is 0.755. The predicted octanol–water partition coefficient (Wildman–Crippen LogP) is 5.19. The van der Waals surface area contributed by atoms with Crippen molar-refractivity contribution in [2.24, 2.45) is 4.99 Å². The number of benzene rings is 3. The maximum Gasteiger partial charge on any atom is 0.195 e. The van der Waals surface area contributed by atoms with Crippen molar-refractivity contribution in [3.05, 3.63) is 108 Å². The molecule has 0 aliphatic heterocycles. The molecule has 0 unspecified atom stereocenters. The lowest BCUT2D eigenvalue weighted by Gasteiger charge is -2.35. The average Bonchev–Trinajstić information content (AvgIpc) is 2.78. The molecular weight excluding hydrogens is 386 g/mol. The molecule has 0 fully saturated rings. The minimum Gasteiger partial charge on any atom is -0.349 e. The first-order valence-electron chi connectivity index (χ1n) is 10.3. The van der Waals surface area contributed by atoms with Gasteiger partial charge in [0.05, 0.1) is 11.3 Å². The van der Waals surface area contributed by atoms with Crippen LogP contribution in [-0.2, 0) is 4.75 Å². The minimum absolute atomic E-state index is 0.282. The number of thioether (sulfide) groups is 1. The Morgan fingerprint density at radius 3 is 1.37 bits per heavy atom. The van der Waals surface area contributed by atoms with Crippen LogP contribution in [0.1, 0.15) is 16.7 Å². The van der Waals surface area contributed by atoms with Gasteiger partial charge in [-0.15, -0.1) is 11.8 Å². The van der Waals surface area contributed by atoms with E-state index in [1.807, 2.05) is 40.0 Å². The van der Waals surface area contributed by atoms with Crippen molar-refractivity contribution >= 4 is 17.7 Å². The first kappa shape index (κ1) is 22.0. The maximum absolute atomic E-state index is 4.85. The van der Waals surface area contributed by atoms with Crippen LogP contribution in [-0.4, -0.2) is 56.2 Å². The van der Waals surface area contributed by atoms with E-state index >= 15 is 0 Å². The van der Waals surface area contributed by atoms with Gasteiger partial charge in [0, 0.05) is 33.9 Å². The summed E-state index contributed by atoms with van der Waals surface area (Å²) in [5, 5.41) is 0. The molecule has 0 N–H and O–H groups in total. The molecule has 0 saturated heterocycles. The topological polar surface area (TPSA) is 18.8 Å². The Balaban J connectivity index is 2.02. The summed E-state index contributed by atoms with van der Waals surface area (Å²) in [5.74, 6) is 1.89. The second-order valence-corrected chi connectivity index (χ2v) is 8.91. The third-order valence-electron chi connectivity index (χ3n) is 5.00. The Kier molecular flexibility index (Phi) is 7.58. The Hall–Kier alpha value is -2.72. The van der Waals surface area contributed by atoms with Gasteiger partial charge in [0.1, 0.15) is 0 Å². The van der Waals surface area contributed by atoms with Gasteiger partial charge in [-0.05, 0) is 16.7 Å². The van der Waals surface area contributed by atoms with Crippen molar-refractivity contribution in [1.82, 2.24) is 9.80 Å². The standard InChI is InChI=1S/C26H31N3S/c1-28(2)25(29(3)4)27-20-21-30-26(22-14-8-5-9-15-22,23-16-10-6-11-17-23)24-18-12-7-13-19-24/h5-19H,20-21H2,1-4H3. The maximum atomic E-state index is 4.85. The highest BCUT2D eigenvalue weighted by atomic mass is 32.2. The second kappa shape index (κ2) is 10.4. The van der Waals surface area contributed by atoms with Crippen LogP contribution in [0.15, 0.2) is 96.0 Å². The molecular formula is C26H31N3S. The molecule has 0 amide bonds. The molecule has 0 saturated carbocycles. The van der Waals surface area contributed by atoms with E-state index in [0.29, 0.717) is 0 Å². The second-order valence-electron chi connectivity index (χ2n) is 7.60. The van der Waals surface area contributed by atoms with Crippen molar-refractivity contribution in [3.63, 3.8) is 0 Å². The van der Waals surface area contributed by atoms with Gasteiger partial charge in [0.15, 0.2) is 5.96 Å². The Morgan fingerprint density at radius 2 is 1.03 bits per heavy atom. The smallest absolute Gasteiger partial charge is 0.195 e. The zero-order chi connectivity index (χ0) is 21.4. The molecule has 0 spiro atoms. The first-order chi connectivity index (χ1) is 14.6. The van der Waals surface area contributed by atoms with E-state index in [2.05, 4.69) is 101 Å². The molecule has 4 heteroatoms. The summed E-state index contributed by atoms with van der Waals surface area (Å²) in [6.07, 6.45) is 0. The van der Waals surface area contributed by atoms with Crippen molar-refractivity contribution in [2.75, 3.05) is 40.5 Å². The highest BCUT2D eigenvalue weighted by molar-refractivity contribution is 8.00. The molecule has 3 aromatic carbocycles. The average molecular weight is 418 g/mol. The van der Waals surface area contributed by atoms with E-state index in [0.717, 1.165) is 18.3 Å². The van der Waals surface area contributed by atoms with Crippen LogP contribution < -0.4 is 0 Å². The monoisotopic (exact) mass is 417 g/mol. The summed E-state index contributed by atoms with van der Waals surface area (Å²) in [6, 6.07) is 32.5. The molecule has 3 aromatic rings. The number of hydrogen-bond donors (Lipinski definition) is 0. The highest BCUT2D eigenvalue weighted by Gasteiger charge is 2.36. The van der Waals surface area contributed by atoms with Crippen molar-refractivity contribution in [3.8, 4) is 0 Å². The molecule has 0 aromatic heterocycles. The first-order valence-corrected chi connectivity index (χ1v) is 11.2. The molecule has 0 radical (unpaired) electrons. The predicted molar refractivity (Wildman–Crippen MR) is 131 cm³/mol. The zero-order valence-electron chi connectivity index (χ0n) is 18.3. The van der Waals surface area contributed by atoms with Gasteiger partial charge in [-0.2, -0.15) is 0 Å². The third kappa shape index (κ3) is 4.88. The van der Waals surface area contributed by atoms with E-state index in [4.69, 9.17) is 4.99 Å². The van der Waals surface area contributed by atoms with Crippen LogP contribution in [0.3, 0.4) is 0 Å². The molecule has 156 valence electrons. The van der Waals surface area contributed by atoms with Gasteiger partial charge in [0.2, 0.25) is 0 Å². The lowest BCUT2D eigenvalue weighted by Crippen LogP contribution is -2.35. The van der Waals surface area contributed by atoms with Crippen LogP contribution in [0.25, 0.3) is 0 Å². The molecule has 0 aliphatic rings. The van der Waals surface area contributed by atoms with Crippen LogP contribution in [0, 0.1) is 0 Å². The Morgan fingerprint density at radius 1 is 0.667 bits per heavy atom. The third-order valence-corrected chi connectivity index (χ3v) is 6.53. The van der Waals surface area contributed by atoms with Crippen LogP contribution >= 0.6 is 11.8 Å². The fourth-order valence-electron chi connectivity index (χ4n) is 3.80. The Bertz CT molecular complexity index is 816. The molecule has 3 nitrogen and oxygen atoms in total. The number of guanidine groups is 1. The van der Waals surface area contributed by atoms with E-state index in [1.54, 1.807) is 0 Å². The van der Waals surface area contributed by atoms with E-state index in [9.17, 15) is 0 Å². The lowest BCUT2D eigenvalue weighted by molar-refractivity contribution is 0.480. The molecule has 30 heavy (non-hydrogen) atoms. The van der Waals surface area contributed by atoms with Crippen LogP contribution in [0.2, 0.25) is 0 Å². The molecule has 0 atom stereocenters. The van der Waals surface area contributed by atoms with Gasteiger partial charge >= 0.3 is 0 Å². The molecule has 0 heterocycles.